The van der Waals surface area contributed by atoms with Crippen LogP contribution in [0.1, 0.15) is 41.6 Å². The van der Waals surface area contributed by atoms with Crippen LogP contribution in [0, 0.1) is 0 Å². The molecule has 1 N–H and O–H groups in total. The van der Waals surface area contributed by atoms with Gasteiger partial charge in [0.2, 0.25) is 0 Å². The zero-order valence-corrected chi connectivity index (χ0v) is 16.2. The number of pyridine rings is 1. The number of benzene rings is 1. The fourth-order valence-electron chi connectivity index (χ4n) is 4.17. The highest BCUT2D eigenvalue weighted by Gasteiger charge is 2.39. The van der Waals surface area contributed by atoms with Gasteiger partial charge in [0.1, 0.15) is 17.0 Å². The van der Waals surface area contributed by atoms with Crippen LogP contribution in [-0.2, 0) is 6.54 Å². The molecule has 4 rings (SSSR count). The second kappa shape index (κ2) is 7.87. The average Bonchev–Trinajstić information content (AvgIpc) is 2.88. The average molecular weight is 386 g/mol. The lowest BCUT2D eigenvalue weighted by atomic mass is 10.0. The van der Waals surface area contributed by atoms with E-state index in [1.165, 1.54) is 19.0 Å². The largest absolute Gasteiger partial charge is 0.490 e. The van der Waals surface area contributed by atoms with Gasteiger partial charge in [-0.3, -0.25) is 4.79 Å². The SMILES string of the molecule is CN1[C@@H]2CC[C@H]1C[C@H](Oc1cccc(CNC(=O)c3ccc(Cl)nc3)c1)C2. The molecule has 1 amide bonds. The summed E-state index contributed by atoms with van der Waals surface area (Å²) in [5.41, 5.74) is 1.51. The van der Waals surface area contributed by atoms with Crippen LogP contribution in [0.2, 0.25) is 5.15 Å². The molecule has 2 aliphatic heterocycles. The van der Waals surface area contributed by atoms with E-state index >= 15 is 0 Å². The molecular weight excluding hydrogens is 362 g/mol. The van der Waals surface area contributed by atoms with E-state index in [9.17, 15) is 4.79 Å². The minimum atomic E-state index is -0.169. The van der Waals surface area contributed by atoms with Crippen LogP contribution in [0.3, 0.4) is 0 Å². The third kappa shape index (κ3) is 4.25. The van der Waals surface area contributed by atoms with Crippen molar-refractivity contribution >= 4 is 17.5 Å². The van der Waals surface area contributed by atoms with Crippen LogP contribution < -0.4 is 10.1 Å². The van der Waals surface area contributed by atoms with Crippen molar-refractivity contribution in [1.82, 2.24) is 15.2 Å². The van der Waals surface area contributed by atoms with E-state index in [1.54, 1.807) is 12.1 Å². The molecule has 0 aliphatic carbocycles. The summed E-state index contributed by atoms with van der Waals surface area (Å²) in [6.07, 6.45) is 6.52. The summed E-state index contributed by atoms with van der Waals surface area (Å²) in [5, 5.41) is 3.29. The molecule has 2 saturated heterocycles. The standard InChI is InChI=1S/C21H24ClN3O2/c1-25-16-6-7-17(25)11-19(10-16)27-18-4-2-3-14(9-18)12-24-21(26)15-5-8-20(22)23-13-15/h2-5,8-9,13,16-17,19H,6-7,10-12H2,1H3,(H,24,26)/t16-,17+,19-. The van der Waals surface area contributed by atoms with Gasteiger partial charge in [0.05, 0.1) is 5.56 Å². The molecule has 2 fully saturated rings. The highest BCUT2D eigenvalue weighted by molar-refractivity contribution is 6.29. The van der Waals surface area contributed by atoms with Gasteiger partial charge in [-0.2, -0.15) is 0 Å². The molecule has 6 heteroatoms. The molecule has 0 spiro atoms. The van der Waals surface area contributed by atoms with E-state index in [0.29, 0.717) is 29.3 Å². The maximum absolute atomic E-state index is 12.2. The topological polar surface area (TPSA) is 54.5 Å². The number of aromatic nitrogens is 1. The Balaban J connectivity index is 1.34. The zero-order chi connectivity index (χ0) is 18.8. The monoisotopic (exact) mass is 385 g/mol. The van der Waals surface area contributed by atoms with Crippen molar-refractivity contribution in [1.29, 1.82) is 0 Å². The first-order valence-corrected chi connectivity index (χ1v) is 9.83. The van der Waals surface area contributed by atoms with Crippen LogP contribution in [0.4, 0.5) is 0 Å². The lowest BCUT2D eigenvalue weighted by molar-refractivity contribution is 0.0661. The van der Waals surface area contributed by atoms with E-state index in [1.807, 2.05) is 24.3 Å². The quantitative estimate of drug-likeness (QED) is 0.798. The molecule has 3 atom stereocenters. The number of nitrogens with one attached hydrogen (secondary N) is 1. The first-order valence-electron chi connectivity index (χ1n) is 9.46. The minimum Gasteiger partial charge on any atom is -0.490 e. The number of halogens is 1. The molecule has 0 unspecified atom stereocenters. The van der Waals surface area contributed by atoms with Crippen LogP contribution in [0.25, 0.3) is 0 Å². The molecule has 2 bridgehead atoms. The third-order valence-electron chi connectivity index (χ3n) is 5.70. The Bertz CT molecular complexity index is 797. The predicted octanol–water partition coefficient (Wildman–Crippen LogP) is 3.67. The first kappa shape index (κ1) is 18.3. The van der Waals surface area contributed by atoms with E-state index in [0.717, 1.165) is 24.2 Å². The highest BCUT2D eigenvalue weighted by atomic mass is 35.5. The summed E-state index contributed by atoms with van der Waals surface area (Å²) in [7, 11) is 2.23. The van der Waals surface area contributed by atoms with Gasteiger partial charge in [0.25, 0.3) is 5.91 Å². The van der Waals surface area contributed by atoms with E-state index in [-0.39, 0.29) is 12.0 Å². The fraction of sp³-hybridized carbons (Fsp3) is 0.429. The predicted molar refractivity (Wildman–Crippen MR) is 105 cm³/mol. The van der Waals surface area contributed by atoms with E-state index in [2.05, 4.69) is 22.2 Å². The first-order chi connectivity index (χ1) is 13.1. The number of carbonyl (C=O) groups is 1. The molecule has 27 heavy (non-hydrogen) atoms. The number of fused-ring (bicyclic) bond motifs is 2. The number of carbonyl (C=O) groups excluding carboxylic acids is 1. The van der Waals surface area contributed by atoms with Crippen molar-refractivity contribution in [3.63, 3.8) is 0 Å². The molecule has 5 nitrogen and oxygen atoms in total. The van der Waals surface area contributed by atoms with Gasteiger partial charge in [-0.15, -0.1) is 0 Å². The number of piperidine rings is 1. The number of ether oxygens (including phenoxy) is 1. The number of nitrogens with zero attached hydrogens (tertiary/aromatic N) is 2. The van der Waals surface area contributed by atoms with Crippen molar-refractivity contribution < 1.29 is 9.53 Å². The summed E-state index contributed by atoms with van der Waals surface area (Å²) in [6.45, 7) is 0.442. The van der Waals surface area contributed by atoms with Crippen molar-refractivity contribution in [2.75, 3.05) is 7.05 Å². The molecule has 2 aliphatic rings. The molecule has 1 aromatic heterocycles. The smallest absolute Gasteiger partial charge is 0.253 e. The van der Waals surface area contributed by atoms with Gasteiger partial charge >= 0.3 is 0 Å². The van der Waals surface area contributed by atoms with Crippen molar-refractivity contribution in [3.8, 4) is 5.75 Å². The molecule has 0 radical (unpaired) electrons. The Hall–Kier alpha value is -2.11. The maximum atomic E-state index is 12.2. The Kier molecular flexibility index (Phi) is 5.32. The lowest BCUT2D eigenvalue weighted by Crippen LogP contribution is -2.43. The molecule has 3 heterocycles. The zero-order valence-electron chi connectivity index (χ0n) is 15.4. The van der Waals surface area contributed by atoms with Gasteiger partial charge in [-0.05, 0) is 62.6 Å². The number of hydrogen-bond acceptors (Lipinski definition) is 4. The molecule has 1 aromatic carbocycles. The second-order valence-electron chi connectivity index (χ2n) is 7.46. The fourth-order valence-corrected chi connectivity index (χ4v) is 4.29. The van der Waals surface area contributed by atoms with E-state index < -0.39 is 0 Å². The second-order valence-corrected chi connectivity index (χ2v) is 7.85. The van der Waals surface area contributed by atoms with Gasteiger partial charge in [0, 0.05) is 24.8 Å². The molecule has 2 aromatic rings. The summed E-state index contributed by atoms with van der Waals surface area (Å²) in [5.74, 6) is 0.709. The normalized spacial score (nSPS) is 24.6. The lowest BCUT2D eigenvalue weighted by Gasteiger charge is -2.36. The van der Waals surface area contributed by atoms with Gasteiger partial charge in [-0.1, -0.05) is 23.7 Å². The molecule has 0 saturated carbocycles. The van der Waals surface area contributed by atoms with Crippen molar-refractivity contribution in [2.45, 2.75) is 50.4 Å². The van der Waals surface area contributed by atoms with Crippen LogP contribution in [0.5, 0.6) is 5.75 Å². The maximum Gasteiger partial charge on any atom is 0.253 e. The Morgan fingerprint density at radius 1 is 1.26 bits per heavy atom. The van der Waals surface area contributed by atoms with Crippen LogP contribution in [0.15, 0.2) is 42.6 Å². The third-order valence-corrected chi connectivity index (χ3v) is 5.92. The summed E-state index contributed by atoms with van der Waals surface area (Å²) >= 11 is 5.76. The van der Waals surface area contributed by atoms with Crippen LogP contribution in [-0.4, -0.2) is 41.0 Å². The number of rotatable bonds is 5. The highest BCUT2D eigenvalue weighted by Crippen LogP contribution is 2.36. The number of hydrogen-bond donors (Lipinski definition) is 1. The minimum absolute atomic E-state index is 0.169. The molecule has 142 valence electrons. The van der Waals surface area contributed by atoms with Gasteiger partial charge < -0.3 is 15.0 Å². The molecular formula is C21H24ClN3O2. The summed E-state index contributed by atoms with van der Waals surface area (Å²) in [6, 6.07) is 12.6. The Labute approximate surface area is 164 Å². The van der Waals surface area contributed by atoms with E-state index in [4.69, 9.17) is 16.3 Å². The van der Waals surface area contributed by atoms with Crippen LogP contribution >= 0.6 is 11.6 Å². The summed E-state index contributed by atoms with van der Waals surface area (Å²) in [4.78, 5) is 18.7. The number of amides is 1. The van der Waals surface area contributed by atoms with Gasteiger partial charge in [-0.25, -0.2) is 4.98 Å². The summed E-state index contributed by atoms with van der Waals surface area (Å²) < 4.78 is 6.27. The van der Waals surface area contributed by atoms with Gasteiger partial charge in [0.15, 0.2) is 0 Å². The van der Waals surface area contributed by atoms with Crippen molar-refractivity contribution in [3.05, 3.63) is 58.9 Å². The Morgan fingerprint density at radius 3 is 2.74 bits per heavy atom. The van der Waals surface area contributed by atoms with Crippen molar-refractivity contribution in [2.24, 2.45) is 0 Å². The Morgan fingerprint density at radius 2 is 2.04 bits per heavy atom.